The van der Waals surface area contributed by atoms with Crippen molar-refractivity contribution in [1.82, 2.24) is 9.55 Å². The molecular formula is C47H31N3O. The van der Waals surface area contributed by atoms with Gasteiger partial charge in [-0.3, -0.25) is 0 Å². The Kier molecular flexibility index (Phi) is 6.78. The highest BCUT2D eigenvalue weighted by Gasteiger charge is 2.25. The molecule has 0 N–H and O–H groups in total. The van der Waals surface area contributed by atoms with E-state index in [2.05, 4.69) is 167 Å². The second-order valence-electron chi connectivity index (χ2n) is 12.8. The number of fused-ring (bicyclic) bond motifs is 6. The van der Waals surface area contributed by atoms with Crippen LogP contribution in [0.25, 0.3) is 71.9 Å². The number of oxazole rings is 1. The predicted molar refractivity (Wildman–Crippen MR) is 211 cm³/mol. The molecule has 51 heavy (non-hydrogen) atoms. The summed E-state index contributed by atoms with van der Waals surface area (Å²) in [6.07, 6.45) is 0. The number of aromatic nitrogens is 2. The van der Waals surface area contributed by atoms with Crippen molar-refractivity contribution in [2.24, 2.45) is 0 Å². The van der Waals surface area contributed by atoms with Crippen molar-refractivity contribution in [1.29, 1.82) is 0 Å². The van der Waals surface area contributed by atoms with E-state index in [1.165, 1.54) is 10.9 Å². The third-order valence-corrected chi connectivity index (χ3v) is 9.79. The highest BCUT2D eigenvalue weighted by Crippen LogP contribution is 2.47. The van der Waals surface area contributed by atoms with Gasteiger partial charge in [0.15, 0.2) is 5.58 Å². The lowest BCUT2D eigenvalue weighted by Gasteiger charge is -2.27. The molecule has 0 aliphatic carbocycles. The lowest BCUT2D eigenvalue weighted by Crippen LogP contribution is -2.11. The van der Waals surface area contributed by atoms with Crippen LogP contribution in [0.15, 0.2) is 192 Å². The lowest BCUT2D eigenvalue weighted by atomic mass is 10.0. The smallest absolute Gasteiger partial charge is 0.227 e. The van der Waals surface area contributed by atoms with Crippen molar-refractivity contribution in [3.05, 3.63) is 188 Å². The van der Waals surface area contributed by atoms with Crippen LogP contribution in [0.2, 0.25) is 0 Å². The maximum absolute atomic E-state index is 6.68. The Morgan fingerprint density at radius 1 is 0.471 bits per heavy atom. The van der Waals surface area contributed by atoms with E-state index in [0.29, 0.717) is 5.89 Å². The molecule has 2 heterocycles. The summed E-state index contributed by atoms with van der Waals surface area (Å²) in [4.78, 5) is 7.62. The maximum Gasteiger partial charge on any atom is 0.227 e. The fraction of sp³-hybridized carbons (Fsp3) is 0. The van der Waals surface area contributed by atoms with Crippen molar-refractivity contribution < 1.29 is 4.42 Å². The summed E-state index contributed by atoms with van der Waals surface area (Å²) in [6, 6.07) is 66.1. The standard InChI is InChI=1S/C47H31N3O/c1-4-15-32(16-5-1)33-27-29-37(30-28-33)50(42-26-14-25-41-44(42)39-23-12-13-24-40(39)49(41)36-20-8-3-9-21-36)43-31-35-19-10-11-22-38(35)46-45(43)48-47(51-46)34-17-6-2-7-18-34/h1-31H. The molecule has 0 fully saturated rings. The van der Waals surface area contributed by atoms with Crippen molar-refractivity contribution in [2.45, 2.75) is 0 Å². The molecule has 0 amide bonds. The van der Waals surface area contributed by atoms with Gasteiger partial charge in [0.1, 0.15) is 5.52 Å². The molecule has 10 aromatic rings. The zero-order valence-corrected chi connectivity index (χ0v) is 27.6. The Labute approximate surface area is 295 Å². The zero-order chi connectivity index (χ0) is 33.7. The van der Waals surface area contributed by atoms with E-state index in [4.69, 9.17) is 9.40 Å². The summed E-state index contributed by atoms with van der Waals surface area (Å²) in [5, 5.41) is 4.46. The number of rotatable bonds is 6. The molecule has 0 saturated heterocycles. The molecule has 0 bridgehead atoms. The molecule has 0 unspecified atom stereocenters. The van der Waals surface area contributed by atoms with E-state index < -0.39 is 0 Å². The Hall–Kier alpha value is -6.91. The molecule has 240 valence electrons. The number of hydrogen-bond acceptors (Lipinski definition) is 3. The zero-order valence-electron chi connectivity index (χ0n) is 27.6. The molecule has 4 heteroatoms. The van der Waals surface area contributed by atoms with E-state index in [9.17, 15) is 0 Å². The minimum Gasteiger partial charge on any atom is -0.435 e. The molecule has 0 atom stereocenters. The average molecular weight is 654 g/mol. The van der Waals surface area contributed by atoms with E-state index in [1.54, 1.807) is 0 Å². The Morgan fingerprint density at radius 3 is 1.84 bits per heavy atom. The van der Waals surface area contributed by atoms with Gasteiger partial charge in [0.2, 0.25) is 5.89 Å². The Balaban J connectivity index is 1.30. The second-order valence-corrected chi connectivity index (χ2v) is 12.8. The molecule has 0 radical (unpaired) electrons. The number of anilines is 3. The summed E-state index contributed by atoms with van der Waals surface area (Å²) < 4.78 is 9.05. The first-order valence-electron chi connectivity index (χ1n) is 17.2. The molecule has 4 nitrogen and oxygen atoms in total. The summed E-state index contributed by atoms with van der Waals surface area (Å²) in [5.74, 6) is 0.599. The first-order chi connectivity index (χ1) is 25.3. The average Bonchev–Trinajstić information content (AvgIpc) is 3.81. The van der Waals surface area contributed by atoms with Gasteiger partial charge in [0.25, 0.3) is 0 Å². The molecule has 0 aliphatic rings. The highest BCUT2D eigenvalue weighted by molar-refractivity contribution is 6.18. The van der Waals surface area contributed by atoms with Crippen LogP contribution in [-0.4, -0.2) is 9.55 Å². The molecule has 10 rings (SSSR count). The quantitative estimate of drug-likeness (QED) is 0.179. The number of hydrogen-bond donors (Lipinski definition) is 0. The fourth-order valence-corrected chi connectivity index (χ4v) is 7.48. The van der Waals surface area contributed by atoms with Gasteiger partial charge >= 0.3 is 0 Å². The monoisotopic (exact) mass is 653 g/mol. The van der Waals surface area contributed by atoms with Gasteiger partial charge in [-0.15, -0.1) is 0 Å². The number of nitrogens with zero attached hydrogens (tertiary/aromatic N) is 3. The van der Waals surface area contributed by atoms with E-state index >= 15 is 0 Å². The van der Waals surface area contributed by atoms with Crippen LogP contribution in [-0.2, 0) is 0 Å². The van der Waals surface area contributed by atoms with Crippen LogP contribution in [0.1, 0.15) is 0 Å². The van der Waals surface area contributed by atoms with Gasteiger partial charge in [-0.2, -0.15) is 0 Å². The first kappa shape index (κ1) is 29.0. The second kappa shape index (κ2) is 11.9. The van der Waals surface area contributed by atoms with Gasteiger partial charge < -0.3 is 13.9 Å². The Morgan fingerprint density at radius 2 is 1.08 bits per heavy atom. The maximum atomic E-state index is 6.68. The van der Waals surface area contributed by atoms with Crippen LogP contribution >= 0.6 is 0 Å². The third-order valence-electron chi connectivity index (χ3n) is 9.79. The van der Waals surface area contributed by atoms with E-state index in [-0.39, 0.29) is 0 Å². The van der Waals surface area contributed by atoms with Gasteiger partial charge in [-0.1, -0.05) is 127 Å². The number of benzene rings is 8. The topological polar surface area (TPSA) is 34.2 Å². The van der Waals surface area contributed by atoms with Crippen LogP contribution < -0.4 is 4.90 Å². The summed E-state index contributed by atoms with van der Waals surface area (Å²) in [5.41, 5.74) is 11.3. The van der Waals surface area contributed by atoms with Gasteiger partial charge in [0, 0.05) is 33.1 Å². The molecule has 0 aliphatic heterocycles. The van der Waals surface area contributed by atoms with Gasteiger partial charge in [0.05, 0.1) is 22.4 Å². The minimum absolute atomic E-state index is 0.599. The van der Waals surface area contributed by atoms with E-state index in [1.807, 2.05) is 30.3 Å². The number of para-hydroxylation sites is 2. The molecular weight excluding hydrogens is 623 g/mol. The first-order valence-corrected chi connectivity index (χ1v) is 17.2. The van der Waals surface area contributed by atoms with Gasteiger partial charge in [-0.05, 0) is 77.2 Å². The van der Waals surface area contributed by atoms with Crippen LogP contribution in [0.4, 0.5) is 17.1 Å². The minimum atomic E-state index is 0.599. The molecule has 0 saturated carbocycles. The predicted octanol–water partition coefficient (Wildman–Crippen LogP) is 12.9. The molecule has 8 aromatic carbocycles. The fourth-order valence-electron chi connectivity index (χ4n) is 7.48. The normalized spacial score (nSPS) is 11.5. The summed E-state index contributed by atoms with van der Waals surface area (Å²) in [6.45, 7) is 0. The molecule has 2 aromatic heterocycles. The van der Waals surface area contributed by atoms with Crippen LogP contribution in [0.3, 0.4) is 0 Å². The van der Waals surface area contributed by atoms with Gasteiger partial charge in [-0.25, -0.2) is 4.98 Å². The van der Waals surface area contributed by atoms with Crippen molar-refractivity contribution >= 4 is 60.7 Å². The summed E-state index contributed by atoms with van der Waals surface area (Å²) in [7, 11) is 0. The van der Waals surface area contributed by atoms with E-state index in [0.717, 1.165) is 72.2 Å². The summed E-state index contributed by atoms with van der Waals surface area (Å²) >= 11 is 0. The Bertz CT molecular complexity index is 2840. The van der Waals surface area contributed by atoms with Crippen LogP contribution in [0, 0.1) is 0 Å². The van der Waals surface area contributed by atoms with Crippen molar-refractivity contribution in [2.75, 3.05) is 4.90 Å². The third kappa shape index (κ3) is 4.80. The van der Waals surface area contributed by atoms with Crippen molar-refractivity contribution in [3.63, 3.8) is 0 Å². The highest BCUT2D eigenvalue weighted by atomic mass is 16.3. The van der Waals surface area contributed by atoms with Crippen LogP contribution in [0.5, 0.6) is 0 Å². The lowest BCUT2D eigenvalue weighted by molar-refractivity contribution is 0.623. The largest absolute Gasteiger partial charge is 0.435 e. The SMILES string of the molecule is c1ccc(-c2ccc(N(c3cc4ccccc4c4oc(-c5ccccc5)nc34)c3cccc4c3c3ccccc3n4-c3ccccc3)cc2)cc1. The molecule has 0 spiro atoms. The van der Waals surface area contributed by atoms with Crippen molar-refractivity contribution in [3.8, 4) is 28.3 Å².